The van der Waals surface area contributed by atoms with Crippen molar-refractivity contribution < 1.29 is 4.92 Å². The van der Waals surface area contributed by atoms with E-state index >= 15 is 0 Å². The first-order valence-corrected chi connectivity index (χ1v) is 4.70. The van der Waals surface area contributed by atoms with E-state index in [-0.39, 0.29) is 10.6 Å². The van der Waals surface area contributed by atoms with E-state index in [0.29, 0.717) is 5.92 Å². The van der Waals surface area contributed by atoms with E-state index in [9.17, 15) is 10.1 Å². The molecule has 1 aliphatic heterocycles. The van der Waals surface area contributed by atoms with Gasteiger partial charge in [-0.25, -0.2) is 0 Å². The largest absolute Gasteiger partial charge is 0.316 e. The van der Waals surface area contributed by atoms with Gasteiger partial charge in [-0.2, -0.15) is 0 Å². The van der Waals surface area contributed by atoms with Crippen LogP contribution in [0.3, 0.4) is 0 Å². The summed E-state index contributed by atoms with van der Waals surface area (Å²) < 4.78 is 0. The first-order chi connectivity index (χ1) is 6.77. The lowest BCUT2D eigenvalue weighted by Crippen LogP contribution is -2.43. The van der Waals surface area contributed by atoms with Gasteiger partial charge in [0.05, 0.1) is 4.92 Å². The Kier molecular flexibility index (Phi) is 2.45. The first kappa shape index (κ1) is 9.15. The van der Waals surface area contributed by atoms with Gasteiger partial charge in [0.2, 0.25) is 0 Å². The molecule has 1 aliphatic rings. The minimum Gasteiger partial charge on any atom is -0.316 e. The Morgan fingerprint density at radius 3 is 2.71 bits per heavy atom. The van der Waals surface area contributed by atoms with Crippen LogP contribution in [0.2, 0.25) is 0 Å². The highest BCUT2D eigenvalue weighted by Gasteiger charge is 2.21. The average Bonchev–Trinajstić information content (AvgIpc) is 2.12. The Morgan fingerprint density at radius 2 is 2.14 bits per heavy atom. The third-order valence-electron chi connectivity index (χ3n) is 2.56. The highest BCUT2D eigenvalue weighted by Crippen LogP contribution is 2.22. The van der Waals surface area contributed by atoms with Crippen molar-refractivity contribution in [1.82, 2.24) is 5.32 Å². The predicted molar refractivity (Wildman–Crippen MR) is 53.2 cm³/mol. The quantitative estimate of drug-likeness (QED) is 0.581. The van der Waals surface area contributed by atoms with Gasteiger partial charge in [0.1, 0.15) is 0 Å². The summed E-state index contributed by atoms with van der Waals surface area (Å²) in [7, 11) is 0. The summed E-state index contributed by atoms with van der Waals surface area (Å²) in [5.74, 6) is 0.566. The van der Waals surface area contributed by atoms with Crippen molar-refractivity contribution in [3.05, 3.63) is 39.9 Å². The predicted octanol–water partition coefficient (Wildman–Crippen LogP) is 1.36. The molecule has 1 saturated heterocycles. The molecule has 1 fully saturated rings. The zero-order valence-electron chi connectivity index (χ0n) is 7.77. The summed E-state index contributed by atoms with van der Waals surface area (Å²) in [6, 6.07) is 6.98. The van der Waals surface area contributed by atoms with Gasteiger partial charge in [-0.05, 0) is 25.4 Å². The fourth-order valence-electron chi connectivity index (χ4n) is 1.67. The second kappa shape index (κ2) is 3.75. The molecule has 0 amide bonds. The van der Waals surface area contributed by atoms with Crippen LogP contribution in [0.15, 0.2) is 24.3 Å². The molecule has 4 heteroatoms. The second-order valence-electron chi connectivity index (χ2n) is 3.61. The van der Waals surface area contributed by atoms with Crippen LogP contribution in [0.25, 0.3) is 0 Å². The Morgan fingerprint density at radius 1 is 1.43 bits per heavy atom. The molecule has 4 nitrogen and oxygen atoms in total. The van der Waals surface area contributed by atoms with Gasteiger partial charge >= 0.3 is 0 Å². The molecule has 14 heavy (non-hydrogen) atoms. The number of nitrogens with zero attached hydrogens (tertiary/aromatic N) is 1. The van der Waals surface area contributed by atoms with Gasteiger partial charge in [0, 0.05) is 11.6 Å². The standard InChI is InChI=1S/C10H12N2O2/c13-12(14)10-4-2-1-3-9(10)5-8-6-11-7-8/h1-4,8,11H,5-7H2. The van der Waals surface area contributed by atoms with Crippen molar-refractivity contribution in [3.63, 3.8) is 0 Å². The molecule has 0 atom stereocenters. The van der Waals surface area contributed by atoms with Gasteiger partial charge in [-0.3, -0.25) is 10.1 Å². The minimum absolute atomic E-state index is 0.249. The van der Waals surface area contributed by atoms with Crippen LogP contribution in [0.5, 0.6) is 0 Å². The van der Waals surface area contributed by atoms with E-state index in [0.717, 1.165) is 25.1 Å². The maximum Gasteiger partial charge on any atom is 0.272 e. The molecule has 0 saturated carbocycles. The highest BCUT2D eigenvalue weighted by atomic mass is 16.6. The number of hydrogen-bond donors (Lipinski definition) is 1. The molecular weight excluding hydrogens is 180 g/mol. The summed E-state index contributed by atoms with van der Waals surface area (Å²) in [5, 5.41) is 13.9. The summed E-state index contributed by atoms with van der Waals surface area (Å²) in [5.41, 5.74) is 1.10. The highest BCUT2D eigenvalue weighted by molar-refractivity contribution is 5.40. The normalized spacial score (nSPS) is 16.3. The van der Waals surface area contributed by atoms with Gasteiger partial charge in [0.15, 0.2) is 0 Å². The van der Waals surface area contributed by atoms with Crippen molar-refractivity contribution in [2.24, 2.45) is 5.92 Å². The van der Waals surface area contributed by atoms with Crippen molar-refractivity contribution in [2.45, 2.75) is 6.42 Å². The van der Waals surface area contributed by atoms with E-state index in [1.807, 2.05) is 12.1 Å². The number of hydrogen-bond acceptors (Lipinski definition) is 3. The monoisotopic (exact) mass is 192 g/mol. The number of nitrogens with one attached hydrogen (secondary N) is 1. The van der Waals surface area contributed by atoms with E-state index in [1.165, 1.54) is 0 Å². The van der Waals surface area contributed by atoms with Crippen LogP contribution in [0, 0.1) is 16.0 Å². The molecule has 1 N–H and O–H groups in total. The zero-order valence-corrected chi connectivity index (χ0v) is 7.77. The average molecular weight is 192 g/mol. The number of nitro benzene ring substituents is 1. The molecule has 0 unspecified atom stereocenters. The van der Waals surface area contributed by atoms with Gasteiger partial charge < -0.3 is 5.32 Å². The first-order valence-electron chi connectivity index (χ1n) is 4.70. The lowest BCUT2D eigenvalue weighted by atomic mass is 9.93. The van der Waals surface area contributed by atoms with Crippen molar-refractivity contribution >= 4 is 5.69 Å². The molecule has 0 bridgehead atoms. The third-order valence-corrected chi connectivity index (χ3v) is 2.56. The van der Waals surface area contributed by atoms with E-state index in [4.69, 9.17) is 0 Å². The lowest BCUT2D eigenvalue weighted by molar-refractivity contribution is -0.385. The van der Waals surface area contributed by atoms with Crippen LogP contribution < -0.4 is 5.32 Å². The number of rotatable bonds is 3. The van der Waals surface area contributed by atoms with Crippen LogP contribution in [-0.4, -0.2) is 18.0 Å². The SMILES string of the molecule is O=[N+]([O-])c1ccccc1CC1CNC1. The van der Waals surface area contributed by atoms with Gasteiger partial charge in [-0.1, -0.05) is 18.2 Å². The maximum absolute atomic E-state index is 10.7. The van der Waals surface area contributed by atoms with Crippen LogP contribution >= 0.6 is 0 Å². The maximum atomic E-state index is 10.7. The fourth-order valence-corrected chi connectivity index (χ4v) is 1.67. The Labute approximate surface area is 82.1 Å². The molecule has 1 aromatic rings. The molecule has 2 rings (SSSR count). The second-order valence-corrected chi connectivity index (χ2v) is 3.61. The minimum atomic E-state index is -0.304. The van der Waals surface area contributed by atoms with Crippen molar-refractivity contribution in [1.29, 1.82) is 0 Å². The number of nitro groups is 1. The molecule has 1 aromatic carbocycles. The molecule has 0 aliphatic carbocycles. The van der Waals surface area contributed by atoms with E-state index in [2.05, 4.69) is 5.32 Å². The fraction of sp³-hybridized carbons (Fsp3) is 0.400. The molecule has 74 valence electrons. The Balaban J connectivity index is 2.17. The summed E-state index contributed by atoms with van der Waals surface area (Å²) >= 11 is 0. The Bertz CT molecular complexity index is 348. The third kappa shape index (κ3) is 1.75. The lowest BCUT2D eigenvalue weighted by Gasteiger charge is -2.26. The van der Waals surface area contributed by atoms with E-state index < -0.39 is 0 Å². The number of para-hydroxylation sites is 1. The van der Waals surface area contributed by atoms with Gasteiger partial charge in [-0.15, -0.1) is 0 Å². The van der Waals surface area contributed by atoms with Crippen molar-refractivity contribution in [2.75, 3.05) is 13.1 Å². The van der Waals surface area contributed by atoms with Crippen LogP contribution in [0.4, 0.5) is 5.69 Å². The molecule has 0 radical (unpaired) electrons. The molecule has 1 heterocycles. The van der Waals surface area contributed by atoms with Crippen LogP contribution in [-0.2, 0) is 6.42 Å². The molecular formula is C10H12N2O2. The zero-order chi connectivity index (χ0) is 9.97. The molecule has 0 aromatic heterocycles. The smallest absolute Gasteiger partial charge is 0.272 e. The summed E-state index contributed by atoms with van der Waals surface area (Å²) in [6.07, 6.45) is 0.810. The summed E-state index contributed by atoms with van der Waals surface area (Å²) in [4.78, 5) is 10.4. The molecule has 0 spiro atoms. The number of benzene rings is 1. The van der Waals surface area contributed by atoms with Gasteiger partial charge in [0.25, 0.3) is 5.69 Å². The van der Waals surface area contributed by atoms with E-state index in [1.54, 1.807) is 12.1 Å². The topological polar surface area (TPSA) is 55.2 Å². The summed E-state index contributed by atoms with van der Waals surface area (Å²) in [6.45, 7) is 1.96. The van der Waals surface area contributed by atoms with Crippen molar-refractivity contribution in [3.8, 4) is 0 Å². The van der Waals surface area contributed by atoms with Crippen LogP contribution in [0.1, 0.15) is 5.56 Å². The Hall–Kier alpha value is -1.42.